The van der Waals surface area contributed by atoms with Crippen molar-refractivity contribution in [3.05, 3.63) is 28.2 Å². The highest BCUT2D eigenvalue weighted by atomic mass is 35.5. The van der Waals surface area contributed by atoms with Gasteiger partial charge in [0.15, 0.2) is 0 Å². The highest BCUT2D eigenvalue weighted by Gasteiger charge is 2.34. The zero-order valence-corrected chi connectivity index (χ0v) is 13.5. The van der Waals surface area contributed by atoms with Gasteiger partial charge < -0.3 is 5.11 Å². The third-order valence-electron chi connectivity index (χ3n) is 3.52. The van der Waals surface area contributed by atoms with Gasteiger partial charge in [-0.3, -0.25) is 4.79 Å². The Morgan fingerprint density at radius 1 is 1.24 bits per heavy atom. The van der Waals surface area contributed by atoms with Gasteiger partial charge in [0.25, 0.3) is 0 Å². The zero-order valence-electron chi connectivity index (χ0n) is 11.1. The number of halogens is 2. The molecule has 0 spiro atoms. The molecule has 0 aromatic heterocycles. The van der Waals surface area contributed by atoms with Crippen LogP contribution in [0.15, 0.2) is 23.1 Å². The largest absolute Gasteiger partial charge is 0.480 e. The van der Waals surface area contributed by atoms with Crippen LogP contribution < -0.4 is 0 Å². The average Bonchev–Trinajstić information content (AvgIpc) is 2.92. The SMILES string of the molecule is O=C(O)CN(C1CCCC1)S(=O)(=O)c1ccc(Cl)c(Cl)c1. The summed E-state index contributed by atoms with van der Waals surface area (Å²) >= 11 is 11.6. The van der Waals surface area contributed by atoms with Crippen molar-refractivity contribution in [2.24, 2.45) is 0 Å². The maximum atomic E-state index is 12.7. The summed E-state index contributed by atoms with van der Waals surface area (Å²) in [6, 6.07) is 3.71. The van der Waals surface area contributed by atoms with Crippen LogP contribution in [0.2, 0.25) is 10.0 Å². The van der Waals surface area contributed by atoms with Crippen molar-refractivity contribution in [2.45, 2.75) is 36.6 Å². The second-order valence-corrected chi connectivity index (χ2v) is 7.66. The van der Waals surface area contributed by atoms with Gasteiger partial charge in [-0.25, -0.2) is 8.42 Å². The van der Waals surface area contributed by atoms with Crippen LogP contribution in [0.1, 0.15) is 25.7 Å². The van der Waals surface area contributed by atoms with Gasteiger partial charge in [-0.1, -0.05) is 36.0 Å². The standard InChI is InChI=1S/C13H15Cl2NO4S/c14-11-6-5-10(7-12(11)15)21(19,20)16(8-13(17)18)9-3-1-2-4-9/h5-7,9H,1-4,8H2,(H,17,18). The Morgan fingerprint density at radius 2 is 1.86 bits per heavy atom. The van der Waals surface area contributed by atoms with Gasteiger partial charge in [0.05, 0.1) is 14.9 Å². The zero-order chi connectivity index (χ0) is 15.6. The van der Waals surface area contributed by atoms with Crippen LogP contribution in [0.25, 0.3) is 0 Å². The van der Waals surface area contributed by atoms with Gasteiger partial charge in [0.2, 0.25) is 10.0 Å². The van der Waals surface area contributed by atoms with Crippen molar-refractivity contribution in [1.29, 1.82) is 0 Å². The molecule has 0 aliphatic heterocycles. The van der Waals surface area contributed by atoms with E-state index < -0.39 is 22.5 Å². The second-order valence-electron chi connectivity index (χ2n) is 4.96. The Balaban J connectivity index is 2.40. The Morgan fingerprint density at radius 3 is 2.38 bits per heavy atom. The maximum absolute atomic E-state index is 12.7. The van der Waals surface area contributed by atoms with E-state index in [1.807, 2.05) is 0 Å². The molecule has 0 amide bonds. The Kier molecular flexibility index (Phi) is 5.14. The lowest BCUT2D eigenvalue weighted by atomic mass is 10.2. The third kappa shape index (κ3) is 3.69. The molecular formula is C13H15Cl2NO4S. The molecule has 0 heterocycles. The highest BCUT2D eigenvalue weighted by molar-refractivity contribution is 7.89. The smallest absolute Gasteiger partial charge is 0.318 e. The topological polar surface area (TPSA) is 74.7 Å². The van der Waals surface area contributed by atoms with Crippen LogP contribution in [0, 0.1) is 0 Å². The van der Waals surface area contributed by atoms with Gasteiger partial charge in [-0.05, 0) is 31.0 Å². The molecule has 0 saturated heterocycles. The molecule has 2 rings (SSSR count). The third-order valence-corrected chi connectivity index (χ3v) is 6.15. The first-order valence-corrected chi connectivity index (χ1v) is 8.70. The highest BCUT2D eigenvalue weighted by Crippen LogP contribution is 2.31. The number of nitrogens with zero attached hydrogens (tertiary/aromatic N) is 1. The minimum Gasteiger partial charge on any atom is -0.480 e. The summed E-state index contributed by atoms with van der Waals surface area (Å²) in [5.74, 6) is -1.18. The number of hydrogen-bond acceptors (Lipinski definition) is 3. The lowest BCUT2D eigenvalue weighted by Crippen LogP contribution is -2.42. The number of carboxylic acids is 1. The summed E-state index contributed by atoms with van der Waals surface area (Å²) in [4.78, 5) is 11.0. The van der Waals surface area contributed by atoms with Crippen molar-refractivity contribution in [1.82, 2.24) is 4.31 Å². The van der Waals surface area contributed by atoms with Crippen molar-refractivity contribution in [3.8, 4) is 0 Å². The average molecular weight is 352 g/mol. The fraction of sp³-hybridized carbons (Fsp3) is 0.462. The number of hydrogen-bond donors (Lipinski definition) is 1. The minimum atomic E-state index is -3.91. The predicted octanol–water partition coefficient (Wildman–Crippen LogP) is 3.01. The lowest BCUT2D eigenvalue weighted by Gasteiger charge is -2.26. The van der Waals surface area contributed by atoms with E-state index in [1.165, 1.54) is 18.2 Å². The molecule has 21 heavy (non-hydrogen) atoms. The first kappa shape index (κ1) is 16.5. The van der Waals surface area contributed by atoms with E-state index in [4.69, 9.17) is 28.3 Å². The Hall–Kier alpha value is -0.820. The van der Waals surface area contributed by atoms with E-state index in [-0.39, 0.29) is 21.0 Å². The first-order chi connectivity index (χ1) is 9.82. The molecule has 0 unspecified atom stereocenters. The quantitative estimate of drug-likeness (QED) is 0.884. The molecule has 1 N–H and O–H groups in total. The summed E-state index contributed by atoms with van der Waals surface area (Å²) in [7, 11) is -3.91. The van der Waals surface area contributed by atoms with Crippen molar-refractivity contribution >= 4 is 39.2 Å². The number of carbonyl (C=O) groups is 1. The number of aliphatic carboxylic acids is 1. The number of sulfonamides is 1. The van der Waals surface area contributed by atoms with Crippen molar-refractivity contribution in [3.63, 3.8) is 0 Å². The van der Waals surface area contributed by atoms with E-state index in [0.717, 1.165) is 17.1 Å². The van der Waals surface area contributed by atoms with Gasteiger partial charge in [0.1, 0.15) is 6.54 Å². The summed E-state index contributed by atoms with van der Waals surface area (Å²) in [6.45, 7) is -0.548. The second kappa shape index (κ2) is 6.52. The minimum absolute atomic E-state index is 0.0370. The van der Waals surface area contributed by atoms with Crippen LogP contribution >= 0.6 is 23.2 Å². The molecule has 0 radical (unpaired) electrons. The molecule has 0 atom stereocenters. The van der Waals surface area contributed by atoms with Gasteiger partial charge >= 0.3 is 5.97 Å². The number of benzene rings is 1. The van der Waals surface area contributed by atoms with Crippen LogP contribution in [-0.2, 0) is 14.8 Å². The fourth-order valence-electron chi connectivity index (χ4n) is 2.51. The predicted molar refractivity (Wildman–Crippen MR) is 80.2 cm³/mol. The number of carboxylic acid groups (broad SMARTS) is 1. The molecule has 1 aliphatic carbocycles. The molecule has 5 nitrogen and oxygen atoms in total. The van der Waals surface area contributed by atoms with E-state index in [2.05, 4.69) is 0 Å². The molecule has 1 aromatic carbocycles. The Bertz CT molecular complexity index is 642. The van der Waals surface area contributed by atoms with Crippen LogP contribution in [0.3, 0.4) is 0 Å². The van der Waals surface area contributed by atoms with Gasteiger partial charge in [0, 0.05) is 6.04 Å². The molecule has 8 heteroatoms. The van der Waals surface area contributed by atoms with E-state index in [0.29, 0.717) is 12.8 Å². The normalized spacial score (nSPS) is 16.5. The summed E-state index contributed by atoms with van der Waals surface area (Å²) in [6.07, 6.45) is 3.15. The molecule has 1 aromatic rings. The maximum Gasteiger partial charge on any atom is 0.318 e. The molecular weight excluding hydrogens is 337 g/mol. The fourth-order valence-corrected chi connectivity index (χ4v) is 4.53. The van der Waals surface area contributed by atoms with Crippen LogP contribution in [0.4, 0.5) is 0 Å². The summed E-state index contributed by atoms with van der Waals surface area (Å²) in [5.41, 5.74) is 0. The van der Waals surface area contributed by atoms with Crippen molar-refractivity contribution in [2.75, 3.05) is 6.54 Å². The molecule has 1 fully saturated rings. The van der Waals surface area contributed by atoms with Gasteiger partial charge in [-0.15, -0.1) is 0 Å². The molecule has 116 valence electrons. The monoisotopic (exact) mass is 351 g/mol. The first-order valence-electron chi connectivity index (χ1n) is 6.51. The number of rotatable bonds is 5. The van der Waals surface area contributed by atoms with Crippen LogP contribution in [0.5, 0.6) is 0 Å². The van der Waals surface area contributed by atoms with E-state index in [9.17, 15) is 13.2 Å². The van der Waals surface area contributed by atoms with E-state index >= 15 is 0 Å². The summed E-state index contributed by atoms with van der Waals surface area (Å²) in [5, 5.41) is 9.38. The van der Waals surface area contributed by atoms with Crippen LogP contribution in [-0.4, -0.2) is 36.4 Å². The van der Waals surface area contributed by atoms with Crippen molar-refractivity contribution < 1.29 is 18.3 Å². The van der Waals surface area contributed by atoms with E-state index in [1.54, 1.807) is 0 Å². The molecule has 1 saturated carbocycles. The molecule has 0 bridgehead atoms. The van der Waals surface area contributed by atoms with Gasteiger partial charge in [-0.2, -0.15) is 4.31 Å². The Labute approximate surface area is 133 Å². The lowest BCUT2D eigenvalue weighted by molar-refractivity contribution is -0.137. The molecule has 1 aliphatic rings. The summed E-state index contributed by atoms with van der Waals surface area (Å²) < 4.78 is 26.4.